The zero-order chi connectivity index (χ0) is 9.80. The molecule has 1 aliphatic rings. The molecule has 4 nitrogen and oxygen atoms in total. The van der Waals surface area contributed by atoms with Gasteiger partial charge in [-0.3, -0.25) is 9.58 Å². The molecular weight excluding hydrogens is 176 g/mol. The van der Waals surface area contributed by atoms with E-state index in [-0.39, 0.29) is 0 Å². The average Bonchev–Trinajstić information content (AvgIpc) is 2.61. The van der Waals surface area contributed by atoms with Crippen LogP contribution in [-0.2, 0) is 6.54 Å². The molecule has 0 spiro atoms. The van der Waals surface area contributed by atoms with Crippen molar-refractivity contribution in [1.82, 2.24) is 20.0 Å². The Bertz CT molecular complexity index is 253. The van der Waals surface area contributed by atoms with Crippen molar-refractivity contribution in [1.29, 1.82) is 0 Å². The zero-order valence-electron chi connectivity index (χ0n) is 8.69. The summed E-state index contributed by atoms with van der Waals surface area (Å²) in [5.74, 6) is 0. The molecule has 0 atom stereocenters. The predicted molar refractivity (Wildman–Crippen MR) is 56.1 cm³/mol. The van der Waals surface area contributed by atoms with Crippen LogP contribution in [0, 0.1) is 0 Å². The van der Waals surface area contributed by atoms with Crippen LogP contribution in [0.5, 0.6) is 0 Å². The molecule has 0 saturated carbocycles. The molecule has 1 aliphatic heterocycles. The van der Waals surface area contributed by atoms with Crippen molar-refractivity contribution in [3.63, 3.8) is 0 Å². The average molecular weight is 194 g/mol. The Morgan fingerprint density at radius 2 is 2.43 bits per heavy atom. The van der Waals surface area contributed by atoms with E-state index in [1.165, 1.54) is 0 Å². The molecule has 2 heterocycles. The van der Waals surface area contributed by atoms with Crippen molar-refractivity contribution in [2.24, 2.45) is 0 Å². The summed E-state index contributed by atoms with van der Waals surface area (Å²) < 4.78 is 1.99. The number of hydrogen-bond acceptors (Lipinski definition) is 3. The van der Waals surface area contributed by atoms with Crippen LogP contribution in [0.2, 0.25) is 0 Å². The Kier molecular flexibility index (Phi) is 3.16. The van der Waals surface area contributed by atoms with Crippen LogP contribution in [0.3, 0.4) is 0 Å². The van der Waals surface area contributed by atoms with E-state index in [4.69, 9.17) is 0 Å². The molecule has 0 unspecified atom stereocenters. The second-order valence-corrected chi connectivity index (χ2v) is 3.71. The van der Waals surface area contributed by atoms with Crippen LogP contribution in [0.15, 0.2) is 18.5 Å². The van der Waals surface area contributed by atoms with Crippen molar-refractivity contribution in [2.75, 3.05) is 26.2 Å². The summed E-state index contributed by atoms with van der Waals surface area (Å²) in [5, 5.41) is 7.51. The fraction of sp³-hybridized carbons (Fsp3) is 0.700. The number of nitrogens with one attached hydrogen (secondary N) is 1. The van der Waals surface area contributed by atoms with Gasteiger partial charge in [0.05, 0.1) is 6.54 Å². The Hall–Kier alpha value is -0.870. The highest BCUT2D eigenvalue weighted by atomic mass is 15.3. The van der Waals surface area contributed by atoms with E-state index in [1.54, 1.807) is 0 Å². The fourth-order valence-electron chi connectivity index (χ4n) is 1.79. The van der Waals surface area contributed by atoms with E-state index < -0.39 is 0 Å². The van der Waals surface area contributed by atoms with Gasteiger partial charge >= 0.3 is 0 Å². The molecule has 0 aliphatic carbocycles. The van der Waals surface area contributed by atoms with Gasteiger partial charge < -0.3 is 5.32 Å². The number of aromatic nitrogens is 2. The van der Waals surface area contributed by atoms with Crippen LogP contribution >= 0.6 is 0 Å². The minimum atomic E-state index is 0.746. The summed E-state index contributed by atoms with van der Waals surface area (Å²) in [6.07, 6.45) is 3.86. The van der Waals surface area contributed by atoms with E-state index in [2.05, 4.69) is 22.2 Å². The lowest BCUT2D eigenvalue weighted by Crippen LogP contribution is -2.57. The molecule has 78 valence electrons. The lowest BCUT2D eigenvalue weighted by molar-refractivity contribution is 0.146. The molecule has 2 rings (SSSR count). The lowest BCUT2D eigenvalue weighted by Gasteiger charge is -2.37. The molecule has 1 saturated heterocycles. The number of nitrogens with zero attached hydrogens (tertiary/aromatic N) is 3. The van der Waals surface area contributed by atoms with Crippen LogP contribution in [-0.4, -0.2) is 46.9 Å². The molecule has 1 fully saturated rings. The van der Waals surface area contributed by atoms with Gasteiger partial charge in [-0.25, -0.2) is 0 Å². The highest BCUT2D eigenvalue weighted by Gasteiger charge is 2.22. The third-order valence-corrected chi connectivity index (χ3v) is 2.86. The molecule has 4 heteroatoms. The maximum absolute atomic E-state index is 4.20. The fourth-order valence-corrected chi connectivity index (χ4v) is 1.79. The van der Waals surface area contributed by atoms with Crippen molar-refractivity contribution in [3.8, 4) is 0 Å². The standard InChI is InChI=1S/C10H18N4/c1-2-13(10-8-11-9-10)6-7-14-5-3-4-12-14/h3-5,10-11H,2,6-9H2,1H3. The largest absolute Gasteiger partial charge is 0.314 e. The monoisotopic (exact) mass is 194 g/mol. The summed E-state index contributed by atoms with van der Waals surface area (Å²) >= 11 is 0. The number of likely N-dealkylation sites (N-methyl/N-ethyl adjacent to an activating group) is 1. The Labute approximate surface area is 84.9 Å². The van der Waals surface area contributed by atoms with Gasteiger partial charge in [-0.1, -0.05) is 6.92 Å². The highest BCUT2D eigenvalue weighted by molar-refractivity contribution is 4.84. The first-order valence-electron chi connectivity index (χ1n) is 5.32. The van der Waals surface area contributed by atoms with Crippen LogP contribution in [0.1, 0.15) is 6.92 Å². The first-order chi connectivity index (χ1) is 6.90. The molecule has 0 aromatic carbocycles. The van der Waals surface area contributed by atoms with Gasteiger partial charge in [-0.05, 0) is 12.6 Å². The van der Waals surface area contributed by atoms with E-state index in [9.17, 15) is 0 Å². The third-order valence-electron chi connectivity index (χ3n) is 2.86. The lowest BCUT2D eigenvalue weighted by atomic mass is 10.1. The third kappa shape index (κ3) is 2.13. The van der Waals surface area contributed by atoms with Gasteiger partial charge in [0, 0.05) is 38.1 Å². The van der Waals surface area contributed by atoms with E-state index >= 15 is 0 Å². The van der Waals surface area contributed by atoms with Gasteiger partial charge in [0.1, 0.15) is 0 Å². The first kappa shape index (κ1) is 9.68. The minimum Gasteiger partial charge on any atom is -0.314 e. The van der Waals surface area contributed by atoms with E-state index in [0.717, 1.165) is 38.8 Å². The Morgan fingerprint density at radius 3 is 2.93 bits per heavy atom. The minimum absolute atomic E-state index is 0.746. The smallest absolute Gasteiger partial charge is 0.0536 e. The van der Waals surface area contributed by atoms with Gasteiger partial charge in [0.2, 0.25) is 0 Å². The molecule has 1 aromatic rings. The second-order valence-electron chi connectivity index (χ2n) is 3.71. The van der Waals surface area contributed by atoms with Gasteiger partial charge in [0.15, 0.2) is 0 Å². The highest BCUT2D eigenvalue weighted by Crippen LogP contribution is 2.04. The van der Waals surface area contributed by atoms with Crippen molar-refractivity contribution in [3.05, 3.63) is 18.5 Å². The normalized spacial score (nSPS) is 17.3. The second kappa shape index (κ2) is 4.57. The van der Waals surface area contributed by atoms with Crippen LogP contribution in [0.25, 0.3) is 0 Å². The maximum atomic E-state index is 4.20. The van der Waals surface area contributed by atoms with Crippen molar-refractivity contribution in [2.45, 2.75) is 19.5 Å². The summed E-state index contributed by atoms with van der Waals surface area (Å²) in [6.45, 7) is 7.75. The van der Waals surface area contributed by atoms with Crippen LogP contribution in [0.4, 0.5) is 0 Å². The number of hydrogen-bond donors (Lipinski definition) is 1. The quantitative estimate of drug-likeness (QED) is 0.725. The molecule has 14 heavy (non-hydrogen) atoms. The van der Waals surface area contributed by atoms with Gasteiger partial charge in [-0.15, -0.1) is 0 Å². The predicted octanol–water partition coefficient (Wildman–Crippen LogP) is 0.177. The molecule has 0 amide bonds. The maximum Gasteiger partial charge on any atom is 0.0536 e. The van der Waals surface area contributed by atoms with E-state index in [1.807, 2.05) is 23.1 Å². The van der Waals surface area contributed by atoms with Crippen LogP contribution < -0.4 is 5.32 Å². The summed E-state index contributed by atoms with van der Waals surface area (Å²) in [6, 6.07) is 2.72. The van der Waals surface area contributed by atoms with E-state index in [0.29, 0.717) is 0 Å². The topological polar surface area (TPSA) is 33.1 Å². The molecule has 0 radical (unpaired) electrons. The molecule has 0 bridgehead atoms. The molecule has 1 N–H and O–H groups in total. The summed E-state index contributed by atoms with van der Waals surface area (Å²) in [5.41, 5.74) is 0. The zero-order valence-corrected chi connectivity index (χ0v) is 8.69. The van der Waals surface area contributed by atoms with Gasteiger partial charge in [-0.2, -0.15) is 5.10 Å². The molecular formula is C10H18N4. The van der Waals surface area contributed by atoms with Crippen molar-refractivity contribution < 1.29 is 0 Å². The SMILES string of the molecule is CCN(CCn1cccn1)C1CNC1. The van der Waals surface area contributed by atoms with Crippen molar-refractivity contribution >= 4 is 0 Å². The first-order valence-corrected chi connectivity index (χ1v) is 5.32. The van der Waals surface area contributed by atoms with Gasteiger partial charge in [0.25, 0.3) is 0 Å². The Balaban J connectivity index is 1.77. The Morgan fingerprint density at radius 1 is 1.57 bits per heavy atom. The summed E-state index contributed by atoms with van der Waals surface area (Å²) in [4.78, 5) is 2.51. The number of rotatable bonds is 5. The molecule has 1 aromatic heterocycles. The summed E-state index contributed by atoms with van der Waals surface area (Å²) in [7, 11) is 0.